The van der Waals surface area contributed by atoms with Crippen molar-refractivity contribution in [3.8, 4) is 0 Å². The molecule has 2 rings (SSSR count). The summed E-state index contributed by atoms with van der Waals surface area (Å²) in [7, 11) is 0. The Kier molecular flexibility index (Phi) is 3.50. The van der Waals surface area contributed by atoms with Gasteiger partial charge in [0.05, 0.1) is 5.69 Å². The molecule has 0 spiro atoms. The van der Waals surface area contributed by atoms with Gasteiger partial charge < -0.3 is 5.32 Å². The van der Waals surface area contributed by atoms with Crippen LogP contribution in [0.2, 0.25) is 0 Å². The SMILES string of the molecule is Brc1cccnc1C1CNC1.Cl. The summed E-state index contributed by atoms with van der Waals surface area (Å²) in [5, 5.41) is 3.23. The van der Waals surface area contributed by atoms with Gasteiger partial charge in [0, 0.05) is 29.7 Å². The fourth-order valence-electron chi connectivity index (χ4n) is 1.18. The molecule has 0 aromatic carbocycles. The molecule has 0 amide bonds. The maximum atomic E-state index is 4.31. The first-order chi connectivity index (χ1) is 5.38. The zero-order valence-corrected chi connectivity index (χ0v) is 8.86. The van der Waals surface area contributed by atoms with Gasteiger partial charge in [-0.2, -0.15) is 0 Å². The van der Waals surface area contributed by atoms with Crippen LogP contribution in [0.15, 0.2) is 22.8 Å². The number of pyridine rings is 1. The molecular formula is C8H10BrClN2. The Morgan fingerprint density at radius 1 is 1.50 bits per heavy atom. The Morgan fingerprint density at radius 3 is 2.75 bits per heavy atom. The summed E-state index contributed by atoms with van der Waals surface area (Å²) < 4.78 is 1.13. The van der Waals surface area contributed by atoms with Crippen LogP contribution in [-0.2, 0) is 0 Å². The lowest BCUT2D eigenvalue weighted by atomic mass is 9.99. The molecule has 1 N–H and O–H groups in total. The second-order valence-corrected chi connectivity index (χ2v) is 3.58. The third kappa shape index (κ3) is 1.79. The summed E-state index contributed by atoms with van der Waals surface area (Å²) in [5.41, 5.74) is 1.19. The van der Waals surface area contributed by atoms with Crippen LogP contribution < -0.4 is 5.32 Å². The number of rotatable bonds is 1. The molecule has 1 saturated heterocycles. The van der Waals surface area contributed by atoms with Gasteiger partial charge in [-0.1, -0.05) is 0 Å². The van der Waals surface area contributed by atoms with E-state index in [0.29, 0.717) is 5.92 Å². The van der Waals surface area contributed by atoms with Gasteiger partial charge in [-0.25, -0.2) is 0 Å². The highest BCUT2D eigenvalue weighted by Gasteiger charge is 2.21. The van der Waals surface area contributed by atoms with Crippen LogP contribution in [0.5, 0.6) is 0 Å². The molecule has 2 heterocycles. The second kappa shape index (κ2) is 4.21. The first-order valence-electron chi connectivity index (χ1n) is 3.69. The van der Waals surface area contributed by atoms with E-state index in [1.165, 1.54) is 5.69 Å². The van der Waals surface area contributed by atoms with Gasteiger partial charge in [0.15, 0.2) is 0 Å². The van der Waals surface area contributed by atoms with Gasteiger partial charge in [0.25, 0.3) is 0 Å². The minimum absolute atomic E-state index is 0. The monoisotopic (exact) mass is 248 g/mol. The summed E-state index contributed by atoms with van der Waals surface area (Å²) in [5.74, 6) is 0.616. The fourth-order valence-corrected chi connectivity index (χ4v) is 1.76. The van der Waals surface area contributed by atoms with Crippen LogP contribution in [0.4, 0.5) is 0 Å². The molecule has 12 heavy (non-hydrogen) atoms. The molecule has 0 aliphatic carbocycles. The molecule has 1 aromatic rings. The van der Waals surface area contributed by atoms with Gasteiger partial charge in [0.1, 0.15) is 0 Å². The molecule has 0 radical (unpaired) electrons. The quantitative estimate of drug-likeness (QED) is 0.823. The molecule has 1 aliphatic rings. The van der Waals surface area contributed by atoms with Gasteiger partial charge in [-0.3, -0.25) is 4.98 Å². The average molecular weight is 250 g/mol. The molecular weight excluding hydrogens is 239 g/mol. The predicted molar refractivity (Wildman–Crippen MR) is 54.8 cm³/mol. The Balaban J connectivity index is 0.000000720. The molecule has 0 atom stereocenters. The second-order valence-electron chi connectivity index (χ2n) is 2.73. The fraction of sp³-hybridized carbons (Fsp3) is 0.375. The van der Waals surface area contributed by atoms with Crippen LogP contribution in [0.25, 0.3) is 0 Å². The number of nitrogens with one attached hydrogen (secondary N) is 1. The van der Waals surface area contributed by atoms with E-state index < -0.39 is 0 Å². The number of aromatic nitrogens is 1. The molecule has 1 aromatic heterocycles. The maximum Gasteiger partial charge on any atom is 0.0601 e. The molecule has 0 bridgehead atoms. The van der Waals surface area contributed by atoms with Gasteiger partial charge >= 0.3 is 0 Å². The van der Waals surface area contributed by atoms with Crippen LogP contribution in [0.1, 0.15) is 11.6 Å². The van der Waals surface area contributed by atoms with Crippen LogP contribution >= 0.6 is 28.3 Å². The summed E-state index contributed by atoms with van der Waals surface area (Å²) in [6.07, 6.45) is 1.85. The Labute approximate surface area is 86.3 Å². The molecule has 0 saturated carbocycles. The van der Waals surface area contributed by atoms with Crippen molar-refractivity contribution in [2.45, 2.75) is 5.92 Å². The molecule has 4 heteroatoms. The Morgan fingerprint density at radius 2 is 2.25 bits per heavy atom. The normalized spacial score (nSPS) is 16.4. The molecule has 66 valence electrons. The largest absolute Gasteiger partial charge is 0.315 e. The predicted octanol–water partition coefficient (Wildman–Crippen LogP) is 1.95. The minimum atomic E-state index is 0. The first kappa shape index (κ1) is 9.96. The smallest absolute Gasteiger partial charge is 0.0601 e. The molecule has 0 unspecified atom stereocenters. The van der Waals surface area contributed by atoms with E-state index in [2.05, 4.69) is 26.2 Å². The molecule has 1 aliphatic heterocycles. The van der Waals surface area contributed by atoms with Gasteiger partial charge in [0.2, 0.25) is 0 Å². The van der Waals surface area contributed by atoms with Crippen molar-refractivity contribution in [2.24, 2.45) is 0 Å². The van der Waals surface area contributed by atoms with Crippen molar-refractivity contribution < 1.29 is 0 Å². The standard InChI is InChI=1S/C8H9BrN2.ClH/c9-7-2-1-3-11-8(7)6-4-10-5-6;/h1-3,6,10H,4-5H2;1H. The lowest BCUT2D eigenvalue weighted by Gasteiger charge is -2.27. The van der Waals surface area contributed by atoms with E-state index in [9.17, 15) is 0 Å². The summed E-state index contributed by atoms with van der Waals surface area (Å²) in [6.45, 7) is 2.13. The Hall–Kier alpha value is -0.120. The van der Waals surface area contributed by atoms with E-state index in [1.807, 2.05) is 18.3 Å². The van der Waals surface area contributed by atoms with Gasteiger partial charge in [-0.15, -0.1) is 12.4 Å². The highest BCUT2D eigenvalue weighted by atomic mass is 79.9. The van der Waals surface area contributed by atoms with Crippen molar-refractivity contribution >= 4 is 28.3 Å². The van der Waals surface area contributed by atoms with E-state index >= 15 is 0 Å². The van der Waals surface area contributed by atoms with Crippen molar-refractivity contribution in [3.05, 3.63) is 28.5 Å². The average Bonchev–Trinajstić information content (AvgIpc) is 1.90. The van der Waals surface area contributed by atoms with E-state index in [4.69, 9.17) is 0 Å². The number of hydrogen-bond acceptors (Lipinski definition) is 2. The van der Waals surface area contributed by atoms with E-state index in [0.717, 1.165) is 17.6 Å². The van der Waals surface area contributed by atoms with Crippen molar-refractivity contribution in [3.63, 3.8) is 0 Å². The van der Waals surface area contributed by atoms with E-state index in [1.54, 1.807) is 0 Å². The number of hydrogen-bond donors (Lipinski definition) is 1. The summed E-state index contributed by atoms with van der Waals surface area (Å²) in [6, 6.07) is 3.99. The highest BCUT2D eigenvalue weighted by Crippen LogP contribution is 2.24. The van der Waals surface area contributed by atoms with Crippen LogP contribution in [0.3, 0.4) is 0 Å². The molecule has 2 nitrogen and oxygen atoms in total. The van der Waals surface area contributed by atoms with E-state index in [-0.39, 0.29) is 12.4 Å². The Bertz CT molecular complexity index is 263. The lowest BCUT2D eigenvalue weighted by molar-refractivity contribution is 0.438. The third-order valence-electron chi connectivity index (χ3n) is 1.96. The maximum absolute atomic E-state index is 4.31. The van der Waals surface area contributed by atoms with Crippen molar-refractivity contribution in [1.29, 1.82) is 0 Å². The van der Waals surface area contributed by atoms with Crippen LogP contribution in [0, 0.1) is 0 Å². The molecule has 1 fully saturated rings. The minimum Gasteiger partial charge on any atom is -0.315 e. The number of halogens is 2. The first-order valence-corrected chi connectivity index (χ1v) is 4.48. The van der Waals surface area contributed by atoms with Crippen LogP contribution in [-0.4, -0.2) is 18.1 Å². The highest BCUT2D eigenvalue weighted by molar-refractivity contribution is 9.10. The number of nitrogens with zero attached hydrogens (tertiary/aromatic N) is 1. The summed E-state index contributed by atoms with van der Waals surface area (Å²) >= 11 is 3.48. The van der Waals surface area contributed by atoms with Crippen molar-refractivity contribution in [2.75, 3.05) is 13.1 Å². The zero-order valence-electron chi connectivity index (χ0n) is 6.46. The zero-order chi connectivity index (χ0) is 7.68. The topological polar surface area (TPSA) is 24.9 Å². The van der Waals surface area contributed by atoms with Crippen molar-refractivity contribution in [1.82, 2.24) is 10.3 Å². The van der Waals surface area contributed by atoms with Gasteiger partial charge in [-0.05, 0) is 28.1 Å². The lowest BCUT2D eigenvalue weighted by Crippen LogP contribution is -2.40. The third-order valence-corrected chi connectivity index (χ3v) is 2.63. The summed E-state index contributed by atoms with van der Waals surface area (Å²) in [4.78, 5) is 4.31.